The zero-order valence-electron chi connectivity index (χ0n) is 9.85. The van der Waals surface area contributed by atoms with Crippen LogP contribution in [-0.4, -0.2) is 5.11 Å². The highest BCUT2D eigenvalue weighted by molar-refractivity contribution is 6.31. The van der Waals surface area contributed by atoms with Gasteiger partial charge in [0, 0.05) is 10.6 Å². The lowest BCUT2D eigenvalue weighted by Gasteiger charge is -2.20. The fourth-order valence-electron chi connectivity index (χ4n) is 1.81. The third-order valence-electron chi connectivity index (χ3n) is 2.90. The largest absolute Gasteiger partial charge is 0.386 e. The monoisotopic (exact) mass is 299 g/mol. The average Bonchev–Trinajstić information content (AvgIpc) is 2.41. The van der Waals surface area contributed by atoms with Crippen molar-refractivity contribution in [2.24, 2.45) is 5.73 Å². The first kappa shape index (κ1) is 14.3. The molecular weight excluding hydrogens is 288 g/mol. The minimum atomic E-state index is -1.18. The maximum Gasteiger partial charge on any atom is 0.147 e. The molecule has 3 N–H and O–H groups in total. The molecule has 0 bridgehead atoms. The summed E-state index contributed by atoms with van der Waals surface area (Å²) in [5.41, 5.74) is 6.68. The molecule has 5 heteroatoms. The van der Waals surface area contributed by atoms with Crippen LogP contribution in [0.25, 0.3) is 0 Å². The zero-order valence-corrected chi connectivity index (χ0v) is 11.4. The van der Waals surface area contributed by atoms with Gasteiger partial charge in [-0.05, 0) is 23.8 Å². The van der Waals surface area contributed by atoms with Crippen LogP contribution in [0.15, 0.2) is 42.5 Å². The molecule has 0 spiro atoms. The lowest BCUT2D eigenvalue weighted by Crippen LogP contribution is -2.20. The molecule has 0 radical (unpaired) electrons. The number of hydrogen-bond acceptors (Lipinski definition) is 2. The van der Waals surface area contributed by atoms with Crippen LogP contribution in [0.4, 0.5) is 4.39 Å². The minimum Gasteiger partial charge on any atom is -0.386 e. The Hall–Kier alpha value is -1.13. The smallest absolute Gasteiger partial charge is 0.147 e. The standard InChI is InChI=1S/C14H12Cl2FNO/c15-9-6-4-8(5-7-9)13(18)14(19)10-2-1-3-11(16)12(10)17/h1-7,13-14,19H,18H2/t13-,14-/m1/s1. The topological polar surface area (TPSA) is 46.2 Å². The first-order valence-corrected chi connectivity index (χ1v) is 6.39. The van der Waals surface area contributed by atoms with E-state index in [0.29, 0.717) is 10.6 Å². The zero-order chi connectivity index (χ0) is 14.0. The fourth-order valence-corrected chi connectivity index (χ4v) is 2.12. The summed E-state index contributed by atoms with van der Waals surface area (Å²) in [6.07, 6.45) is -1.18. The SMILES string of the molecule is N[C@H](c1ccc(Cl)cc1)[C@H](O)c1cccc(Cl)c1F. The van der Waals surface area contributed by atoms with E-state index in [0.717, 1.165) is 0 Å². The number of aliphatic hydroxyl groups excluding tert-OH is 1. The van der Waals surface area contributed by atoms with E-state index >= 15 is 0 Å². The van der Waals surface area contributed by atoms with Gasteiger partial charge in [0.1, 0.15) is 11.9 Å². The number of nitrogens with two attached hydrogens (primary N) is 1. The predicted octanol–water partition coefficient (Wildman–Crippen LogP) is 3.87. The van der Waals surface area contributed by atoms with Gasteiger partial charge in [-0.25, -0.2) is 4.39 Å². The maximum atomic E-state index is 13.8. The molecule has 19 heavy (non-hydrogen) atoms. The van der Waals surface area contributed by atoms with E-state index in [1.54, 1.807) is 30.3 Å². The van der Waals surface area contributed by atoms with Gasteiger partial charge in [-0.15, -0.1) is 0 Å². The summed E-state index contributed by atoms with van der Waals surface area (Å²) < 4.78 is 13.8. The molecule has 0 unspecified atom stereocenters. The van der Waals surface area contributed by atoms with Crippen molar-refractivity contribution in [3.8, 4) is 0 Å². The lowest BCUT2D eigenvalue weighted by atomic mass is 9.96. The summed E-state index contributed by atoms with van der Waals surface area (Å²) in [5, 5.41) is 10.7. The molecule has 0 aliphatic carbocycles. The van der Waals surface area contributed by atoms with Crippen LogP contribution < -0.4 is 5.73 Å². The number of rotatable bonds is 3. The molecule has 2 aromatic carbocycles. The first-order valence-electron chi connectivity index (χ1n) is 5.63. The third-order valence-corrected chi connectivity index (χ3v) is 3.44. The molecule has 0 aromatic heterocycles. The summed E-state index contributed by atoms with van der Waals surface area (Å²) in [7, 11) is 0. The van der Waals surface area contributed by atoms with Crippen molar-refractivity contribution in [2.75, 3.05) is 0 Å². The third kappa shape index (κ3) is 3.07. The molecule has 2 nitrogen and oxygen atoms in total. The molecular formula is C14H12Cl2FNO. The van der Waals surface area contributed by atoms with Crippen LogP contribution in [0.5, 0.6) is 0 Å². The molecule has 0 fully saturated rings. The van der Waals surface area contributed by atoms with Gasteiger partial charge in [-0.2, -0.15) is 0 Å². The van der Waals surface area contributed by atoms with Crippen molar-refractivity contribution in [2.45, 2.75) is 12.1 Å². The van der Waals surface area contributed by atoms with Gasteiger partial charge in [0.2, 0.25) is 0 Å². The van der Waals surface area contributed by atoms with Crippen LogP contribution in [0, 0.1) is 5.82 Å². The predicted molar refractivity (Wildman–Crippen MR) is 74.8 cm³/mol. The second-order valence-corrected chi connectivity index (χ2v) is 5.01. The normalized spacial score (nSPS) is 14.2. The highest BCUT2D eigenvalue weighted by Crippen LogP contribution is 2.31. The summed E-state index contributed by atoms with van der Waals surface area (Å²) in [5.74, 6) is -0.652. The summed E-state index contributed by atoms with van der Waals surface area (Å²) in [4.78, 5) is 0. The highest BCUT2D eigenvalue weighted by atomic mass is 35.5. The van der Waals surface area contributed by atoms with Crippen molar-refractivity contribution in [3.63, 3.8) is 0 Å². The van der Waals surface area contributed by atoms with Gasteiger partial charge >= 0.3 is 0 Å². The van der Waals surface area contributed by atoms with Crippen LogP contribution in [0.2, 0.25) is 10.0 Å². The highest BCUT2D eigenvalue weighted by Gasteiger charge is 2.22. The van der Waals surface area contributed by atoms with Crippen molar-refractivity contribution in [3.05, 3.63) is 69.5 Å². The maximum absolute atomic E-state index is 13.8. The second kappa shape index (κ2) is 5.88. The van der Waals surface area contributed by atoms with E-state index in [2.05, 4.69) is 0 Å². The molecule has 100 valence electrons. The Bertz CT molecular complexity index is 574. The van der Waals surface area contributed by atoms with Crippen LogP contribution in [0.1, 0.15) is 23.3 Å². The summed E-state index contributed by atoms with van der Waals surface area (Å²) >= 11 is 11.5. The average molecular weight is 300 g/mol. The molecule has 0 saturated carbocycles. The van der Waals surface area contributed by atoms with Crippen LogP contribution >= 0.6 is 23.2 Å². The minimum absolute atomic E-state index is 0.0418. The summed E-state index contributed by atoms with van der Waals surface area (Å²) in [6, 6.07) is 10.4. The molecule has 0 heterocycles. The number of aliphatic hydroxyl groups is 1. The van der Waals surface area contributed by atoms with Gasteiger partial charge in [-0.1, -0.05) is 47.5 Å². The molecule has 2 aromatic rings. The molecule has 0 aliphatic rings. The molecule has 0 aliphatic heterocycles. The molecule has 2 atom stereocenters. The van der Waals surface area contributed by atoms with Crippen molar-refractivity contribution in [1.82, 2.24) is 0 Å². The van der Waals surface area contributed by atoms with E-state index in [9.17, 15) is 9.50 Å². The van der Waals surface area contributed by atoms with E-state index in [4.69, 9.17) is 28.9 Å². The Morgan fingerprint density at radius 2 is 1.68 bits per heavy atom. The van der Waals surface area contributed by atoms with Gasteiger partial charge in [-0.3, -0.25) is 0 Å². The van der Waals surface area contributed by atoms with E-state index in [1.165, 1.54) is 12.1 Å². The molecule has 0 amide bonds. The number of halogens is 3. The van der Waals surface area contributed by atoms with Crippen LogP contribution in [-0.2, 0) is 0 Å². The Balaban J connectivity index is 2.30. The first-order chi connectivity index (χ1) is 9.00. The number of hydrogen-bond donors (Lipinski definition) is 2. The molecule has 0 saturated heterocycles. The van der Waals surface area contributed by atoms with E-state index in [1.807, 2.05) is 0 Å². The molecule has 2 rings (SSSR count). The van der Waals surface area contributed by atoms with Crippen molar-refractivity contribution >= 4 is 23.2 Å². The Morgan fingerprint density at radius 1 is 1.05 bits per heavy atom. The Labute approximate surface area is 120 Å². The van der Waals surface area contributed by atoms with Gasteiger partial charge in [0.25, 0.3) is 0 Å². The lowest BCUT2D eigenvalue weighted by molar-refractivity contribution is 0.142. The quantitative estimate of drug-likeness (QED) is 0.904. The number of benzene rings is 2. The van der Waals surface area contributed by atoms with Crippen LogP contribution in [0.3, 0.4) is 0 Å². The fraction of sp³-hybridized carbons (Fsp3) is 0.143. The van der Waals surface area contributed by atoms with E-state index < -0.39 is 18.0 Å². The van der Waals surface area contributed by atoms with Crippen molar-refractivity contribution < 1.29 is 9.50 Å². The second-order valence-electron chi connectivity index (χ2n) is 4.17. The Morgan fingerprint density at radius 3 is 2.32 bits per heavy atom. The van der Waals surface area contributed by atoms with Gasteiger partial charge in [0.05, 0.1) is 11.1 Å². The van der Waals surface area contributed by atoms with Gasteiger partial charge < -0.3 is 10.8 Å². The van der Waals surface area contributed by atoms with E-state index in [-0.39, 0.29) is 10.6 Å². The van der Waals surface area contributed by atoms with Gasteiger partial charge in [0.15, 0.2) is 0 Å². The Kier molecular flexibility index (Phi) is 4.42. The summed E-state index contributed by atoms with van der Waals surface area (Å²) in [6.45, 7) is 0. The van der Waals surface area contributed by atoms with Crippen molar-refractivity contribution in [1.29, 1.82) is 0 Å².